The molecule has 2 aromatic carbocycles. The topological polar surface area (TPSA) is 91.4 Å². The molecule has 5 aliphatic heterocycles. The summed E-state index contributed by atoms with van der Waals surface area (Å²) >= 11 is 0. The highest BCUT2D eigenvalue weighted by molar-refractivity contribution is 6.05. The third-order valence-electron chi connectivity index (χ3n) is 9.05. The molecule has 198 valence electrons. The molecule has 1 atom stereocenters. The molecular formula is C29H32N4O5. The number of carbonyl (C=O) groups excluding carboxylic acids is 3. The van der Waals surface area contributed by atoms with Crippen LogP contribution >= 0.6 is 0 Å². The van der Waals surface area contributed by atoms with E-state index in [-0.39, 0.29) is 29.6 Å². The van der Waals surface area contributed by atoms with Gasteiger partial charge in [0.15, 0.2) is 0 Å². The minimum atomic E-state index is -0.603. The van der Waals surface area contributed by atoms with Gasteiger partial charge in [-0.2, -0.15) is 0 Å². The molecule has 5 aliphatic rings. The Morgan fingerprint density at radius 3 is 2.71 bits per heavy atom. The van der Waals surface area contributed by atoms with Crippen molar-refractivity contribution in [3.05, 3.63) is 52.6 Å². The maximum atomic E-state index is 13.2. The summed E-state index contributed by atoms with van der Waals surface area (Å²) in [5.74, 6) is 0.956. The quantitative estimate of drug-likeness (QED) is 0.626. The van der Waals surface area contributed by atoms with E-state index in [1.165, 1.54) is 16.8 Å². The van der Waals surface area contributed by atoms with Crippen LogP contribution in [0.3, 0.4) is 0 Å². The van der Waals surface area contributed by atoms with Gasteiger partial charge in [0.2, 0.25) is 11.8 Å². The van der Waals surface area contributed by atoms with Gasteiger partial charge in [-0.3, -0.25) is 24.6 Å². The normalized spacial score (nSPS) is 24.0. The van der Waals surface area contributed by atoms with Gasteiger partial charge in [-0.1, -0.05) is 12.1 Å². The van der Waals surface area contributed by atoms with Crippen molar-refractivity contribution in [2.45, 2.75) is 50.2 Å². The van der Waals surface area contributed by atoms with Gasteiger partial charge in [-0.05, 0) is 61.7 Å². The van der Waals surface area contributed by atoms with Gasteiger partial charge < -0.3 is 19.3 Å². The largest absolute Gasteiger partial charge is 0.492 e. The van der Waals surface area contributed by atoms with Crippen LogP contribution in [0.15, 0.2) is 30.3 Å². The molecule has 2 aromatic rings. The summed E-state index contributed by atoms with van der Waals surface area (Å²) in [5, 5.41) is 2.38. The van der Waals surface area contributed by atoms with Gasteiger partial charge in [0.05, 0.1) is 18.8 Å². The average Bonchev–Trinajstić information content (AvgIpc) is 3.41. The van der Waals surface area contributed by atoms with Crippen LogP contribution < -0.4 is 19.7 Å². The van der Waals surface area contributed by atoms with Crippen LogP contribution in [0.1, 0.15) is 52.7 Å². The standard InChI is InChI=1S/C29H32N4O5/c1-31-11-12-37-23-4-2-3-18(26(23)31)15-32-9-7-29(8-10-32)17-38-24-14-20-19(13-21(24)29)16-33(28(20)36)22-5-6-25(34)30-27(22)35/h2-4,13-14,22H,5-12,15-17H2,1H3,(H,30,34,35). The van der Waals surface area contributed by atoms with Crippen molar-refractivity contribution in [1.82, 2.24) is 15.1 Å². The molecule has 1 N–H and O–H groups in total. The van der Waals surface area contributed by atoms with Gasteiger partial charge in [-0.15, -0.1) is 0 Å². The minimum absolute atomic E-state index is 0.0536. The van der Waals surface area contributed by atoms with Crippen LogP contribution in [0.4, 0.5) is 5.69 Å². The molecule has 1 spiro atoms. The third kappa shape index (κ3) is 3.66. The number of nitrogens with one attached hydrogen (secondary N) is 1. The SMILES string of the molecule is CN1CCOc2cccc(CN3CCC4(CC3)COc3cc5c(cc34)CN(C3CCC(=O)NC3=O)C5=O)c21. The number of hydrogen-bond donors (Lipinski definition) is 1. The highest BCUT2D eigenvalue weighted by Gasteiger charge is 2.46. The summed E-state index contributed by atoms with van der Waals surface area (Å²) < 4.78 is 12.1. The minimum Gasteiger partial charge on any atom is -0.492 e. The number of nitrogens with zero attached hydrogens (tertiary/aromatic N) is 3. The number of anilines is 1. The fourth-order valence-corrected chi connectivity index (χ4v) is 6.87. The monoisotopic (exact) mass is 516 g/mol. The van der Waals surface area contributed by atoms with Crippen LogP contribution in [-0.2, 0) is 28.1 Å². The first-order chi connectivity index (χ1) is 18.4. The van der Waals surface area contributed by atoms with E-state index in [9.17, 15) is 14.4 Å². The Hall–Kier alpha value is -3.59. The Kier molecular flexibility index (Phi) is 5.40. The molecule has 1 unspecified atom stereocenters. The Morgan fingerprint density at radius 2 is 1.89 bits per heavy atom. The molecule has 0 aliphatic carbocycles. The molecule has 2 fully saturated rings. The lowest BCUT2D eigenvalue weighted by molar-refractivity contribution is -0.136. The first kappa shape index (κ1) is 23.5. The van der Waals surface area contributed by atoms with E-state index in [2.05, 4.69) is 46.4 Å². The maximum absolute atomic E-state index is 13.2. The van der Waals surface area contributed by atoms with E-state index in [1.54, 1.807) is 4.90 Å². The predicted molar refractivity (Wildman–Crippen MR) is 139 cm³/mol. The number of para-hydroxylation sites is 1. The maximum Gasteiger partial charge on any atom is 0.255 e. The lowest BCUT2D eigenvalue weighted by Gasteiger charge is -2.39. The van der Waals surface area contributed by atoms with Gasteiger partial charge in [0, 0.05) is 43.1 Å². The Balaban J connectivity index is 1.08. The van der Waals surface area contributed by atoms with Gasteiger partial charge >= 0.3 is 0 Å². The second-order valence-electron chi connectivity index (χ2n) is 11.3. The highest BCUT2D eigenvalue weighted by Crippen LogP contribution is 2.48. The van der Waals surface area contributed by atoms with Crippen molar-refractivity contribution in [3.63, 3.8) is 0 Å². The number of likely N-dealkylation sites (tertiary alicyclic amines) is 1. The number of rotatable bonds is 3. The van der Waals surface area contributed by atoms with E-state index in [1.807, 2.05) is 6.07 Å². The molecule has 0 aromatic heterocycles. The number of likely N-dealkylation sites (N-methyl/N-ethyl adjacent to an activating group) is 1. The molecule has 2 saturated heterocycles. The summed E-state index contributed by atoms with van der Waals surface area (Å²) in [4.78, 5) is 43.6. The van der Waals surface area contributed by atoms with Crippen LogP contribution in [0.25, 0.3) is 0 Å². The van der Waals surface area contributed by atoms with Gasteiger partial charge in [0.25, 0.3) is 5.91 Å². The molecule has 38 heavy (non-hydrogen) atoms. The van der Waals surface area contributed by atoms with Crippen LogP contribution in [-0.4, -0.2) is 73.5 Å². The molecule has 9 heteroatoms. The summed E-state index contributed by atoms with van der Waals surface area (Å²) in [6.45, 7) is 5.48. The number of imide groups is 1. The first-order valence-electron chi connectivity index (χ1n) is 13.5. The number of benzene rings is 2. The smallest absolute Gasteiger partial charge is 0.255 e. The first-order valence-corrected chi connectivity index (χ1v) is 13.5. The third-order valence-corrected chi connectivity index (χ3v) is 9.05. The van der Waals surface area contributed by atoms with E-state index in [0.29, 0.717) is 25.1 Å². The fraction of sp³-hybridized carbons (Fsp3) is 0.483. The molecule has 0 bridgehead atoms. The van der Waals surface area contributed by atoms with Crippen LogP contribution in [0, 0.1) is 0 Å². The average molecular weight is 517 g/mol. The lowest BCUT2D eigenvalue weighted by Crippen LogP contribution is -2.52. The second kappa shape index (κ2) is 8.73. The highest BCUT2D eigenvalue weighted by atomic mass is 16.5. The Bertz CT molecular complexity index is 1350. The van der Waals surface area contributed by atoms with Crippen molar-refractivity contribution >= 4 is 23.4 Å². The van der Waals surface area contributed by atoms with Crippen molar-refractivity contribution in [2.75, 3.05) is 44.8 Å². The Labute approximate surface area is 221 Å². The summed E-state index contributed by atoms with van der Waals surface area (Å²) in [5.41, 5.74) is 5.21. The molecule has 0 radical (unpaired) electrons. The molecule has 0 saturated carbocycles. The van der Waals surface area contributed by atoms with Crippen molar-refractivity contribution in [2.24, 2.45) is 0 Å². The Morgan fingerprint density at radius 1 is 1.05 bits per heavy atom. The summed E-state index contributed by atoms with van der Waals surface area (Å²) in [7, 11) is 2.13. The molecule has 3 amide bonds. The number of hydrogen-bond acceptors (Lipinski definition) is 7. The number of ether oxygens (including phenoxy) is 2. The number of amides is 3. The summed E-state index contributed by atoms with van der Waals surface area (Å²) in [6, 6.07) is 9.77. The molecule has 5 heterocycles. The van der Waals surface area contributed by atoms with Crippen molar-refractivity contribution in [1.29, 1.82) is 0 Å². The van der Waals surface area contributed by atoms with E-state index >= 15 is 0 Å². The molecule has 9 nitrogen and oxygen atoms in total. The van der Waals surface area contributed by atoms with Gasteiger partial charge in [0.1, 0.15) is 24.1 Å². The molecular weight excluding hydrogens is 484 g/mol. The molecule has 7 rings (SSSR count). The number of fused-ring (bicyclic) bond motifs is 4. The zero-order valence-corrected chi connectivity index (χ0v) is 21.6. The van der Waals surface area contributed by atoms with E-state index < -0.39 is 6.04 Å². The van der Waals surface area contributed by atoms with Crippen molar-refractivity contribution in [3.8, 4) is 11.5 Å². The van der Waals surface area contributed by atoms with Gasteiger partial charge in [-0.25, -0.2) is 0 Å². The van der Waals surface area contributed by atoms with Crippen LogP contribution in [0.2, 0.25) is 0 Å². The number of carbonyl (C=O) groups is 3. The lowest BCUT2D eigenvalue weighted by atomic mass is 9.73. The summed E-state index contributed by atoms with van der Waals surface area (Å²) in [6.07, 6.45) is 2.60. The fourth-order valence-electron chi connectivity index (χ4n) is 6.87. The van der Waals surface area contributed by atoms with Crippen LogP contribution in [0.5, 0.6) is 11.5 Å². The zero-order valence-electron chi connectivity index (χ0n) is 21.6. The zero-order chi connectivity index (χ0) is 26.0. The van der Waals surface area contributed by atoms with E-state index in [4.69, 9.17) is 9.47 Å². The second-order valence-corrected chi connectivity index (χ2v) is 11.3. The van der Waals surface area contributed by atoms with Crippen molar-refractivity contribution < 1.29 is 23.9 Å². The number of piperidine rings is 2. The van der Waals surface area contributed by atoms with E-state index in [0.717, 1.165) is 62.7 Å². The predicted octanol–water partition coefficient (Wildman–Crippen LogP) is 2.20.